The Hall–Kier alpha value is -3.69. The van der Waals surface area contributed by atoms with E-state index in [0.717, 1.165) is 18.2 Å². The molecular formula is C22H24F2O8. The minimum atomic E-state index is -0.835. The second kappa shape index (κ2) is 11.6. The Balaban J connectivity index is 0.000000363. The highest BCUT2D eigenvalue weighted by atomic mass is 19.1. The van der Waals surface area contributed by atoms with E-state index in [-0.39, 0.29) is 16.9 Å². The minimum absolute atomic E-state index is 0.0645. The molecule has 0 aliphatic rings. The van der Waals surface area contributed by atoms with Crippen molar-refractivity contribution in [3.8, 4) is 11.5 Å². The summed E-state index contributed by atoms with van der Waals surface area (Å²) in [6, 6.07) is 6.88. The van der Waals surface area contributed by atoms with Crippen molar-refractivity contribution >= 4 is 17.9 Å². The number of halogens is 2. The maximum absolute atomic E-state index is 13.7. The summed E-state index contributed by atoms with van der Waals surface area (Å²) in [6.45, 7) is 4.75. The third kappa shape index (κ3) is 8.58. The molecule has 2 aromatic carbocycles. The number of carbonyl (C=O) groups excluding carboxylic acids is 3. The van der Waals surface area contributed by atoms with Crippen LogP contribution in [0.1, 0.15) is 41.5 Å². The maximum atomic E-state index is 13.7. The van der Waals surface area contributed by atoms with E-state index >= 15 is 0 Å². The first-order chi connectivity index (χ1) is 14.9. The highest BCUT2D eigenvalue weighted by Gasteiger charge is 2.18. The lowest BCUT2D eigenvalue weighted by Crippen LogP contribution is -2.27. The highest BCUT2D eigenvalue weighted by Crippen LogP contribution is 2.19. The fourth-order valence-electron chi connectivity index (χ4n) is 2.12. The average Bonchev–Trinajstić information content (AvgIpc) is 2.72. The lowest BCUT2D eigenvalue weighted by Gasteiger charge is -2.19. The standard InChI is InChI=1S/C14H17FO5.C8H7FO3/c1-14(2,3)20-12(16)8-19-11-6-5-9(7-10(11)15)13(17)18-4;1-12-8(11)5-2-3-7(10)6(9)4-5/h5-7H,8H2,1-4H3;2-4,10H,1H3. The second-order valence-electron chi connectivity index (χ2n) is 7.17. The van der Waals surface area contributed by atoms with Crippen molar-refractivity contribution in [1.82, 2.24) is 0 Å². The molecule has 0 saturated carbocycles. The van der Waals surface area contributed by atoms with Crippen LogP contribution in [0.15, 0.2) is 36.4 Å². The van der Waals surface area contributed by atoms with Gasteiger partial charge in [-0.05, 0) is 57.2 Å². The van der Waals surface area contributed by atoms with Gasteiger partial charge >= 0.3 is 17.9 Å². The Labute approximate surface area is 183 Å². The fraction of sp³-hybridized carbons (Fsp3) is 0.318. The SMILES string of the molecule is COC(=O)c1ccc(O)c(F)c1.COC(=O)c1ccc(OCC(=O)OC(C)(C)C)c(F)c1. The summed E-state index contributed by atoms with van der Waals surface area (Å²) in [4.78, 5) is 33.4. The lowest BCUT2D eigenvalue weighted by molar-refractivity contribution is -0.157. The van der Waals surface area contributed by atoms with Crippen LogP contribution >= 0.6 is 0 Å². The molecular weight excluding hydrogens is 430 g/mol. The number of rotatable bonds is 5. The van der Waals surface area contributed by atoms with Gasteiger partial charge in [0.05, 0.1) is 25.3 Å². The maximum Gasteiger partial charge on any atom is 0.344 e. The summed E-state index contributed by atoms with van der Waals surface area (Å²) < 4.78 is 45.1. The van der Waals surface area contributed by atoms with Crippen LogP contribution in [0.4, 0.5) is 8.78 Å². The zero-order valence-electron chi connectivity index (χ0n) is 18.2. The molecule has 10 heteroatoms. The molecule has 0 heterocycles. The van der Waals surface area contributed by atoms with Gasteiger partial charge in [-0.1, -0.05) is 0 Å². The first kappa shape index (κ1) is 26.3. The minimum Gasteiger partial charge on any atom is -0.505 e. The van der Waals surface area contributed by atoms with Gasteiger partial charge in [-0.15, -0.1) is 0 Å². The molecule has 174 valence electrons. The second-order valence-corrected chi connectivity index (χ2v) is 7.17. The largest absolute Gasteiger partial charge is 0.505 e. The number of carbonyl (C=O) groups is 3. The van der Waals surface area contributed by atoms with E-state index in [1.807, 2.05) is 0 Å². The van der Waals surface area contributed by atoms with Crippen molar-refractivity contribution < 1.29 is 47.2 Å². The van der Waals surface area contributed by atoms with Gasteiger partial charge in [0.1, 0.15) is 5.60 Å². The normalized spacial score (nSPS) is 10.3. The number of aromatic hydroxyl groups is 1. The Bertz CT molecular complexity index is 967. The van der Waals surface area contributed by atoms with Gasteiger partial charge in [-0.3, -0.25) is 0 Å². The van der Waals surface area contributed by atoms with E-state index in [0.29, 0.717) is 0 Å². The summed E-state index contributed by atoms with van der Waals surface area (Å²) in [5, 5.41) is 8.77. The summed E-state index contributed by atoms with van der Waals surface area (Å²) in [6.07, 6.45) is 0. The monoisotopic (exact) mass is 454 g/mol. The fourth-order valence-corrected chi connectivity index (χ4v) is 2.12. The molecule has 8 nitrogen and oxygen atoms in total. The van der Waals surface area contributed by atoms with Gasteiger partial charge in [0.15, 0.2) is 29.7 Å². The summed E-state index contributed by atoms with van der Waals surface area (Å²) in [5.41, 5.74) is -0.490. The molecule has 2 rings (SSSR count). The van der Waals surface area contributed by atoms with Gasteiger partial charge in [0.2, 0.25) is 0 Å². The van der Waals surface area contributed by atoms with Crippen LogP contribution in [-0.4, -0.2) is 49.4 Å². The Morgan fingerprint density at radius 3 is 1.81 bits per heavy atom. The molecule has 2 aromatic rings. The highest BCUT2D eigenvalue weighted by molar-refractivity contribution is 5.89. The molecule has 0 amide bonds. The van der Waals surface area contributed by atoms with Crippen molar-refractivity contribution in [3.05, 3.63) is 59.2 Å². The quantitative estimate of drug-likeness (QED) is 0.539. The number of phenols is 1. The van der Waals surface area contributed by atoms with Crippen LogP contribution in [-0.2, 0) is 19.0 Å². The van der Waals surface area contributed by atoms with E-state index in [1.165, 1.54) is 32.4 Å². The van der Waals surface area contributed by atoms with Gasteiger partial charge in [0, 0.05) is 0 Å². The number of hydrogen-bond acceptors (Lipinski definition) is 8. The Morgan fingerprint density at radius 2 is 1.38 bits per heavy atom. The number of hydrogen-bond donors (Lipinski definition) is 1. The number of ether oxygens (including phenoxy) is 4. The van der Waals surface area contributed by atoms with Crippen LogP contribution in [0.25, 0.3) is 0 Å². The van der Waals surface area contributed by atoms with E-state index in [4.69, 9.17) is 14.6 Å². The zero-order valence-corrected chi connectivity index (χ0v) is 18.2. The summed E-state index contributed by atoms with van der Waals surface area (Å²) >= 11 is 0. The Morgan fingerprint density at radius 1 is 0.875 bits per heavy atom. The molecule has 0 unspecified atom stereocenters. The third-order valence-electron chi connectivity index (χ3n) is 3.49. The average molecular weight is 454 g/mol. The van der Waals surface area contributed by atoms with Gasteiger partial charge < -0.3 is 24.1 Å². The molecule has 0 aliphatic heterocycles. The molecule has 0 spiro atoms. The number of esters is 3. The van der Waals surface area contributed by atoms with Gasteiger partial charge in [0.25, 0.3) is 0 Å². The van der Waals surface area contributed by atoms with Crippen molar-refractivity contribution in [2.75, 3.05) is 20.8 Å². The van der Waals surface area contributed by atoms with Crippen LogP contribution in [0, 0.1) is 11.6 Å². The molecule has 0 fully saturated rings. The zero-order chi connectivity index (χ0) is 24.5. The number of benzene rings is 2. The van der Waals surface area contributed by atoms with Crippen molar-refractivity contribution in [2.24, 2.45) is 0 Å². The number of methoxy groups -OCH3 is 2. The molecule has 0 aliphatic carbocycles. The first-order valence-corrected chi connectivity index (χ1v) is 9.17. The van der Waals surface area contributed by atoms with Crippen molar-refractivity contribution in [2.45, 2.75) is 26.4 Å². The van der Waals surface area contributed by atoms with E-state index in [9.17, 15) is 23.2 Å². The molecule has 0 aromatic heterocycles. The predicted molar refractivity (Wildman–Crippen MR) is 108 cm³/mol. The smallest absolute Gasteiger partial charge is 0.344 e. The van der Waals surface area contributed by atoms with Gasteiger partial charge in [-0.2, -0.15) is 0 Å². The van der Waals surface area contributed by atoms with Crippen LogP contribution in [0.3, 0.4) is 0 Å². The topological polar surface area (TPSA) is 108 Å². The van der Waals surface area contributed by atoms with E-state index < -0.39 is 47.5 Å². The molecule has 0 saturated heterocycles. The van der Waals surface area contributed by atoms with E-state index in [2.05, 4.69) is 9.47 Å². The molecule has 0 radical (unpaired) electrons. The molecule has 1 N–H and O–H groups in total. The lowest BCUT2D eigenvalue weighted by atomic mass is 10.2. The molecule has 0 bridgehead atoms. The van der Waals surface area contributed by atoms with Crippen molar-refractivity contribution in [1.29, 1.82) is 0 Å². The van der Waals surface area contributed by atoms with Crippen LogP contribution in [0.2, 0.25) is 0 Å². The predicted octanol–water partition coefficient (Wildman–Crippen LogP) is 3.65. The number of phenolic OH excluding ortho intramolecular Hbond substituents is 1. The van der Waals surface area contributed by atoms with Crippen LogP contribution in [0.5, 0.6) is 11.5 Å². The molecule has 32 heavy (non-hydrogen) atoms. The summed E-state index contributed by atoms with van der Waals surface area (Å²) in [5.74, 6) is -4.09. The van der Waals surface area contributed by atoms with Crippen LogP contribution < -0.4 is 4.74 Å². The Kier molecular flexibility index (Phi) is 9.58. The summed E-state index contributed by atoms with van der Waals surface area (Å²) in [7, 11) is 2.40. The molecule has 0 atom stereocenters. The first-order valence-electron chi connectivity index (χ1n) is 9.17. The van der Waals surface area contributed by atoms with Gasteiger partial charge in [-0.25, -0.2) is 23.2 Å². The van der Waals surface area contributed by atoms with Crippen molar-refractivity contribution in [3.63, 3.8) is 0 Å². The third-order valence-corrected chi connectivity index (χ3v) is 3.49. The van der Waals surface area contributed by atoms with E-state index in [1.54, 1.807) is 20.8 Å².